The van der Waals surface area contributed by atoms with Gasteiger partial charge in [-0.25, -0.2) is 0 Å². The van der Waals surface area contributed by atoms with E-state index in [-0.39, 0.29) is 12.4 Å². The van der Waals surface area contributed by atoms with Gasteiger partial charge in [-0.1, -0.05) is 23.4 Å². The fraction of sp³-hybridized carbons (Fsp3) is 0.133. The Morgan fingerprint density at radius 3 is 3.00 bits per heavy atom. The minimum absolute atomic E-state index is 0.00000672. The lowest BCUT2D eigenvalue weighted by Gasteiger charge is -2.04. The third kappa shape index (κ3) is 3.17. The smallest absolute Gasteiger partial charge is 0.268 e. The topological polar surface area (TPSA) is 65.2 Å². The van der Waals surface area contributed by atoms with Crippen LogP contribution in [0.15, 0.2) is 46.3 Å². The van der Waals surface area contributed by atoms with Crippen molar-refractivity contribution in [1.29, 1.82) is 0 Å². The Morgan fingerprint density at radius 2 is 2.24 bits per heavy atom. The number of ether oxygens (including phenoxy) is 1. The minimum atomic E-state index is -0.00000672. The number of rotatable bonds is 5. The van der Waals surface area contributed by atoms with Crippen molar-refractivity contribution < 1.29 is 14.1 Å². The van der Waals surface area contributed by atoms with Crippen LogP contribution in [0.25, 0.3) is 10.8 Å². The van der Waals surface area contributed by atoms with Crippen LogP contribution in [0.5, 0.6) is 5.75 Å². The van der Waals surface area contributed by atoms with E-state index in [0.29, 0.717) is 23.0 Å². The first kappa shape index (κ1) is 13.5. The Morgan fingerprint density at radius 1 is 1.33 bits per heavy atom. The molecule has 0 amide bonds. The van der Waals surface area contributed by atoms with Gasteiger partial charge in [0, 0.05) is 5.56 Å². The third-order valence-corrected chi connectivity index (χ3v) is 3.67. The fourth-order valence-electron chi connectivity index (χ4n) is 1.77. The maximum Gasteiger partial charge on any atom is 0.268 e. The lowest BCUT2D eigenvalue weighted by atomic mass is 10.1. The molecule has 21 heavy (non-hydrogen) atoms. The summed E-state index contributed by atoms with van der Waals surface area (Å²) < 4.78 is 10.8. The number of carbonyl (C=O) groups is 1. The highest BCUT2D eigenvalue weighted by molar-refractivity contribution is 7.13. The quantitative estimate of drug-likeness (QED) is 0.674. The molecule has 3 rings (SSSR count). The number of hydrogen-bond donors (Lipinski definition) is 0. The highest BCUT2D eigenvalue weighted by Gasteiger charge is 2.10. The third-order valence-electron chi connectivity index (χ3n) is 2.81. The van der Waals surface area contributed by atoms with Crippen LogP contribution in [0.4, 0.5) is 0 Å². The van der Waals surface area contributed by atoms with Gasteiger partial charge >= 0.3 is 0 Å². The number of Topliss-reactive ketones (excluding diaryl/α,β-unsaturated/α-hetero) is 1. The van der Waals surface area contributed by atoms with Gasteiger partial charge in [0.2, 0.25) is 5.82 Å². The molecule has 0 atom stereocenters. The summed E-state index contributed by atoms with van der Waals surface area (Å²) in [6.45, 7) is 1.71. The molecule has 0 aliphatic carbocycles. The summed E-state index contributed by atoms with van der Waals surface area (Å²) in [6, 6.07) is 10.8. The number of thiophene rings is 1. The molecule has 6 heteroatoms. The van der Waals surface area contributed by atoms with Gasteiger partial charge in [0.1, 0.15) is 5.75 Å². The van der Waals surface area contributed by atoms with Crippen LogP contribution in [0.2, 0.25) is 0 Å². The van der Waals surface area contributed by atoms with E-state index in [1.165, 1.54) is 18.3 Å². The molecule has 5 nitrogen and oxygen atoms in total. The van der Waals surface area contributed by atoms with E-state index in [1.54, 1.807) is 24.3 Å². The molecule has 0 saturated carbocycles. The van der Waals surface area contributed by atoms with Crippen molar-refractivity contribution in [3.05, 3.63) is 53.2 Å². The van der Waals surface area contributed by atoms with E-state index in [0.717, 1.165) is 4.88 Å². The summed E-state index contributed by atoms with van der Waals surface area (Å²) in [5.41, 5.74) is 0.611. The minimum Gasteiger partial charge on any atom is -0.485 e. The molecule has 1 aromatic carbocycles. The molecule has 0 spiro atoms. The Bertz CT molecular complexity index is 750. The molecule has 2 aromatic heterocycles. The van der Waals surface area contributed by atoms with E-state index in [2.05, 4.69) is 10.1 Å². The predicted molar refractivity (Wildman–Crippen MR) is 78.4 cm³/mol. The summed E-state index contributed by atoms with van der Waals surface area (Å²) >= 11 is 1.53. The second-order valence-corrected chi connectivity index (χ2v) is 5.31. The standard InChI is InChI=1S/C15H12N2O3S/c1-10(18)11-4-2-5-12(8-11)19-9-14-16-15(20-17-14)13-6-3-7-21-13/h2-8H,9H2,1H3. The highest BCUT2D eigenvalue weighted by atomic mass is 32.1. The molecule has 0 radical (unpaired) electrons. The van der Waals surface area contributed by atoms with Gasteiger partial charge in [0.25, 0.3) is 5.89 Å². The van der Waals surface area contributed by atoms with Gasteiger partial charge in [-0.15, -0.1) is 11.3 Å². The molecular formula is C15H12N2O3S. The maximum atomic E-state index is 11.3. The summed E-state index contributed by atoms with van der Waals surface area (Å²) in [5.74, 6) is 1.55. The molecule has 106 valence electrons. The van der Waals surface area contributed by atoms with Crippen LogP contribution in [0, 0.1) is 0 Å². The monoisotopic (exact) mass is 300 g/mol. The number of hydrogen-bond acceptors (Lipinski definition) is 6. The number of nitrogens with zero attached hydrogens (tertiary/aromatic N) is 2. The van der Waals surface area contributed by atoms with Gasteiger partial charge in [-0.2, -0.15) is 4.98 Å². The summed E-state index contributed by atoms with van der Waals surface area (Å²) in [7, 11) is 0. The average molecular weight is 300 g/mol. The lowest BCUT2D eigenvalue weighted by Crippen LogP contribution is -1.99. The van der Waals surface area contributed by atoms with Crippen molar-refractivity contribution in [1.82, 2.24) is 10.1 Å². The molecule has 0 fully saturated rings. The Balaban J connectivity index is 1.68. The molecule has 0 aliphatic heterocycles. The van der Waals surface area contributed by atoms with E-state index >= 15 is 0 Å². The molecule has 0 N–H and O–H groups in total. The molecule has 2 heterocycles. The first-order valence-electron chi connectivity index (χ1n) is 6.32. The maximum absolute atomic E-state index is 11.3. The fourth-order valence-corrected chi connectivity index (χ4v) is 2.41. The van der Waals surface area contributed by atoms with E-state index in [9.17, 15) is 4.79 Å². The Labute approximate surface area is 125 Å². The van der Waals surface area contributed by atoms with Gasteiger partial charge < -0.3 is 9.26 Å². The van der Waals surface area contributed by atoms with Gasteiger partial charge in [-0.05, 0) is 30.5 Å². The average Bonchev–Trinajstić information content (AvgIpc) is 3.16. The Hall–Kier alpha value is -2.47. The van der Waals surface area contributed by atoms with Crippen molar-refractivity contribution in [2.75, 3.05) is 0 Å². The number of aromatic nitrogens is 2. The lowest BCUT2D eigenvalue weighted by molar-refractivity contribution is 0.101. The molecular weight excluding hydrogens is 288 g/mol. The molecule has 3 aromatic rings. The number of ketones is 1. The van der Waals surface area contributed by atoms with Crippen molar-refractivity contribution >= 4 is 17.1 Å². The van der Waals surface area contributed by atoms with Crippen molar-refractivity contribution in [3.63, 3.8) is 0 Å². The van der Waals surface area contributed by atoms with Crippen LogP contribution < -0.4 is 4.74 Å². The van der Waals surface area contributed by atoms with Crippen LogP contribution in [0.1, 0.15) is 23.1 Å². The van der Waals surface area contributed by atoms with Crippen molar-refractivity contribution in [2.45, 2.75) is 13.5 Å². The van der Waals surface area contributed by atoms with Crippen LogP contribution in [0.3, 0.4) is 0 Å². The van der Waals surface area contributed by atoms with Crippen LogP contribution in [-0.2, 0) is 6.61 Å². The van der Waals surface area contributed by atoms with Crippen LogP contribution in [-0.4, -0.2) is 15.9 Å². The Kier molecular flexibility index (Phi) is 3.79. The molecule has 0 bridgehead atoms. The first-order chi connectivity index (χ1) is 10.2. The van der Waals surface area contributed by atoms with E-state index in [4.69, 9.17) is 9.26 Å². The second-order valence-electron chi connectivity index (χ2n) is 4.37. The predicted octanol–water partition coefficient (Wildman–Crippen LogP) is 3.58. The zero-order valence-electron chi connectivity index (χ0n) is 11.3. The summed E-state index contributed by atoms with van der Waals surface area (Å²) in [6.07, 6.45) is 0. The molecule has 0 saturated heterocycles. The summed E-state index contributed by atoms with van der Waals surface area (Å²) in [4.78, 5) is 16.5. The van der Waals surface area contributed by atoms with Gasteiger partial charge in [0.05, 0.1) is 4.88 Å². The number of carbonyl (C=O) groups excluding carboxylic acids is 1. The largest absolute Gasteiger partial charge is 0.485 e. The number of benzene rings is 1. The van der Waals surface area contributed by atoms with Gasteiger partial charge in [-0.3, -0.25) is 4.79 Å². The van der Waals surface area contributed by atoms with Crippen LogP contribution >= 0.6 is 11.3 Å². The van der Waals surface area contributed by atoms with Crippen molar-refractivity contribution in [2.24, 2.45) is 0 Å². The zero-order valence-corrected chi connectivity index (χ0v) is 12.1. The van der Waals surface area contributed by atoms with E-state index < -0.39 is 0 Å². The SMILES string of the molecule is CC(=O)c1cccc(OCc2noc(-c3cccs3)n2)c1. The molecule has 0 aliphatic rings. The first-order valence-corrected chi connectivity index (χ1v) is 7.20. The zero-order chi connectivity index (χ0) is 14.7. The summed E-state index contributed by atoms with van der Waals surface area (Å²) in [5, 5.41) is 5.82. The van der Waals surface area contributed by atoms with Gasteiger partial charge in [0.15, 0.2) is 12.4 Å². The highest BCUT2D eigenvalue weighted by Crippen LogP contribution is 2.23. The van der Waals surface area contributed by atoms with E-state index in [1.807, 2.05) is 17.5 Å². The van der Waals surface area contributed by atoms with Crippen molar-refractivity contribution in [3.8, 4) is 16.5 Å². The second kappa shape index (κ2) is 5.88. The normalized spacial score (nSPS) is 10.5. The molecule has 0 unspecified atom stereocenters.